The lowest BCUT2D eigenvalue weighted by molar-refractivity contribution is -0.117. The van der Waals surface area contributed by atoms with Crippen molar-refractivity contribution >= 4 is 45.9 Å². The predicted octanol–water partition coefficient (Wildman–Crippen LogP) is 5.37. The van der Waals surface area contributed by atoms with E-state index in [0.717, 1.165) is 27.7 Å². The number of thioether (sulfide) groups is 1. The molecule has 2 heterocycles. The zero-order valence-electron chi connectivity index (χ0n) is 15.3. The maximum atomic E-state index is 13.0. The molecule has 0 unspecified atom stereocenters. The second kappa shape index (κ2) is 7.06. The van der Waals surface area contributed by atoms with Crippen LogP contribution >= 0.6 is 23.4 Å². The van der Waals surface area contributed by atoms with E-state index < -0.39 is 0 Å². The number of nitrogens with zero attached hydrogens (tertiary/aromatic N) is 2. The molecule has 0 aliphatic carbocycles. The van der Waals surface area contributed by atoms with Gasteiger partial charge in [-0.3, -0.25) is 9.69 Å². The fourth-order valence-electron chi connectivity index (χ4n) is 3.42. The normalized spacial score (nSPS) is 19.7. The number of carbonyl (C=O) groups is 1. The number of benzene rings is 2. The quantitative estimate of drug-likeness (QED) is 0.556. The zero-order chi connectivity index (χ0) is 19.1. The van der Waals surface area contributed by atoms with Gasteiger partial charge in [0.2, 0.25) is 5.91 Å². The van der Waals surface area contributed by atoms with Crippen LogP contribution in [-0.2, 0) is 4.79 Å². The Bertz CT molecular complexity index is 1040. The number of fused-ring (bicyclic) bond motifs is 1. The molecule has 2 atom stereocenters. The van der Waals surface area contributed by atoms with Gasteiger partial charge in [-0.1, -0.05) is 41.9 Å². The fourth-order valence-corrected chi connectivity index (χ4v) is 5.01. The second-order valence-corrected chi connectivity index (χ2v) is 8.31. The van der Waals surface area contributed by atoms with E-state index in [4.69, 9.17) is 16.3 Å². The second-order valence-electron chi connectivity index (χ2n) is 6.53. The first-order valence-electron chi connectivity index (χ1n) is 8.68. The Morgan fingerprint density at radius 1 is 1.19 bits per heavy atom. The van der Waals surface area contributed by atoms with E-state index >= 15 is 0 Å². The molecule has 3 aromatic rings. The molecule has 1 aliphatic rings. The number of amides is 1. The number of para-hydroxylation sites is 3. The van der Waals surface area contributed by atoms with Crippen LogP contribution in [0.1, 0.15) is 23.4 Å². The average Bonchev–Trinajstić information content (AvgIpc) is 2.96. The van der Waals surface area contributed by atoms with Crippen LogP contribution in [0.5, 0.6) is 5.75 Å². The summed E-state index contributed by atoms with van der Waals surface area (Å²) in [5.41, 5.74) is 3.54. The third-order valence-electron chi connectivity index (χ3n) is 4.79. The number of pyridine rings is 1. The number of rotatable bonds is 3. The van der Waals surface area contributed by atoms with Gasteiger partial charge in [-0.2, -0.15) is 0 Å². The Labute approximate surface area is 167 Å². The Kier molecular flexibility index (Phi) is 4.74. The number of anilines is 1. The van der Waals surface area contributed by atoms with E-state index in [-0.39, 0.29) is 16.5 Å². The number of hydrogen-bond donors (Lipinski definition) is 0. The third kappa shape index (κ3) is 3.05. The molecule has 2 aromatic carbocycles. The van der Waals surface area contributed by atoms with Crippen LogP contribution in [0.25, 0.3) is 10.9 Å². The van der Waals surface area contributed by atoms with Crippen molar-refractivity contribution in [2.45, 2.75) is 24.5 Å². The summed E-state index contributed by atoms with van der Waals surface area (Å²) in [7, 11) is 1.61. The monoisotopic (exact) mass is 398 g/mol. The minimum absolute atomic E-state index is 0.0369. The lowest BCUT2D eigenvalue weighted by atomic mass is 10.1. The zero-order valence-corrected chi connectivity index (χ0v) is 16.8. The van der Waals surface area contributed by atoms with Crippen molar-refractivity contribution < 1.29 is 9.53 Å². The summed E-state index contributed by atoms with van der Waals surface area (Å²) in [5.74, 6) is 0.696. The molecule has 0 radical (unpaired) electrons. The van der Waals surface area contributed by atoms with Crippen LogP contribution in [-0.4, -0.2) is 23.3 Å². The molecule has 1 aromatic heterocycles. The topological polar surface area (TPSA) is 42.4 Å². The molecular weight excluding hydrogens is 380 g/mol. The number of ether oxygens (including phenoxy) is 1. The highest BCUT2D eigenvalue weighted by Crippen LogP contribution is 2.49. The predicted molar refractivity (Wildman–Crippen MR) is 112 cm³/mol. The standard InChI is InChI=1S/C21H19ClN2O2S/c1-12-7-6-8-14-11-15(19(22)23-18(12)14)21-24(20(25)13(2)27-21)16-9-4-5-10-17(16)26-3/h4-11,13,21H,1-3H3/t13-,21-/m0/s1. The molecule has 6 heteroatoms. The summed E-state index contributed by atoms with van der Waals surface area (Å²) in [4.78, 5) is 19.4. The maximum Gasteiger partial charge on any atom is 0.241 e. The molecule has 1 saturated heterocycles. The number of carbonyl (C=O) groups excluding carboxylic acids is 1. The molecule has 0 spiro atoms. The summed E-state index contributed by atoms with van der Waals surface area (Å²) in [6.07, 6.45) is 0. The van der Waals surface area contributed by atoms with Gasteiger partial charge in [0.05, 0.1) is 23.6 Å². The average molecular weight is 399 g/mol. The molecule has 27 heavy (non-hydrogen) atoms. The van der Waals surface area contributed by atoms with Crippen LogP contribution < -0.4 is 9.64 Å². The fraction of sp³-hybridized carbons (Fsp3) is 0.238. The van der Waals surface area contributed by atoms with Crippen LogP contribution in [0.2, 0.25) is 5.15 Å². The minimum atomic E-state index is -0.256. The highest BCUT2D eigenvalue weighted by molar-refractivity contribution is 8.01. The van der Waals surface area contributed by atoms with Gasteiger partial charge < -0.3 is 4.74 Å². The Morgan fingerprint density at radius 3 is 2.74 bits per heavy atom. The first-order chi connectivity index (χ1) is 13.0. The van der Waals surface area contributed by atoms with Crippen LogP contribution in [0, 0.1) is 6.92 Å². The van der Waals surface area contributed by atoms with E-state index in [2.05, 4.69) is 4.98 Å². The molecular formula is C21H19ClN2O2S. The van der Waals surface area contributed by atoms with Gasteiger partial charge in [-0.05, 0) is 37.6 Å². The maximum absolute atomic E-state index is 13.0. The molecule has 4 rings (SSSR count). The number of hydrogen-bond acceptors (Lipinski definition) is 4. The van der Waals surface area contributed by atoms with Crippen molar-refractivity contribution in [2.24, 2.45) is 0 Å². The van der Waals surface area contributed by atoms with Crippen LogP contribution in [0.3, 0.4) is 0 Å². The van der Waals surface area contributed by atoms with Crippen molar-refractivity contribution in [1.82, 2.24) is 4.98 Å². The summed E-state index contributed by atoms with van der Waals surface area (Å²) >= 11 is 8.16. The van der Waals surface area contributed by atoms with Crippen LogP contribution in [0.4, 0.5) is 5.69 Å². The van der Waals surface area contributed by atoms with Gasteiger partial charge in [0, 0.05) is 10.9 Å². The number of aromatic nitrogens is 1. The largest absolute Gasteiger partial charge is 0.495 e. The molecule has 4 nitrogen and oxygen atoms in total. The van der Waals surface area contributed by atoms with Gasteiger partial charge in [0.1, 0.15) is 16.3 Å². The first-order valence-corrected chi connectivity index (χ1v) is 10.0. The Balaban J connectivity index is 1.88. The van der Waals surface area contributed by atoms with Gasteiger partial charge in [0.25, 0.3) is 0 Å². The lowest BCUT2D eigenvalue weighted by Crippen LogP contribution is -2.30. The van der Waals surface area contributed by atoms with E-state index in [1.54, 1.807) is 23.8 Å². The molecule has 0 bridgehead atoms. The molecule has 0 saturated carbocycles. The van der Waals surface area contributed by atoms with E-state index in [1.807, 2.05) is 62.4 Å². The summed E-state index contributed by atoms with van der Waals surface area (Å²) in [5, 5.41) is 1.01. The lowest BCUT2D eigenvalue weighted by Gasteiger charge is -2.26. The minimum Gasteiger partial charge on any atom is -0.495 e. The molecule has 1 fully saturated rings. The third-order valence-corrected chi connectivity index (χ3v) is 6.43. The molecule has 1 aliphatic heterocycles. The van der Waals surface area contributed by atoms with Gasteiger partial charge in [-0.25, -0.2) is 4.98 Å². The molecule has 1 amide bonds. The highest BCUT2D eigenvalue weighted by atomic mass is 35.5. The summed E-state index contributed by atoms with van der Waals surface area (Å²) < 4.78 is 5.49. The summed E-state index contributed by atoms with van der Waals surface area (Å²) in [6, 6.07) is 15.6. The Morgan fingerprint density at radius 2 is 1.96 bits per heavy atom. The first kappa shape index (κ1) is 18.1. The number of halogens is 1. The van der Waals surface area contributed by atoms with Crippen molar-refractivity contribution in [3.63, 3.8) is 0 Å². The highest BCUT2D eigenvalue weighted by Gasteiger charge is 2.41. The Hall–Kier alpha value is -2.24. The number of methoxy groups -OCH3 is 1. The van der Waals surface area contributed by atoms with Gasteiger partial charge in [-0.15, -0.1) is 11.8 Å². The molecule has 138 valence electrons. The SMILES string of the molecule is COc1ccccc1N1C(=O)[C@H](C)S[C@H]1c1cc2cccc(C)c2nc1Cl. The van der Waals surface area contributed by atoms with E-state index in [9.17, 15) is 4.79 Å². The van der Waals surface area contributed by atoms with Gasteiger partial charge >= 0.3 is 0 Å². The molecule has 0 N–H and O–H groups in total. The smallest absolute Gasteiger partial charge is 0.241 e. The van der Waals surface area contributed by atoms with Gasteiger partial charge in [0.15, 0.2) is 0 Å². The van der Waals surface area contributed by atoms with Crippen LogP contribution in [0.15, 0.2) is 48.5 Å². The van der Waals surface area contributed by atoms with Crippen molar-refractivity contribution in [1.29, 1.82) is 0 Å². The summed E-state index contributed by atoms with van der Waals surface area (Å²) in [6.45, 7) is 3.93. The number of aryl methyl sites for hydroxylation is 1. The van der Waals surface area contributed by atoms with Crippen molar-refractivity contribution in [3.8, 4) is 5.75 Å². The van der Waals surface area contributed by atoms with Crippen molar-refractivity contribution in [3.05, 3.63) is 64.8 Å². The van der Waals surface area contributed by atoms with E-state index in [1.165, 1.54) is 0 Å². The van der Waals surface area contributed by atoms with Crippen molar-refractivity contribution in [2.75, 3.05) is 12.0 Å². The van der Waals surface area contributed by atoms with E-state index in [0.29, 0.717) is 10.9 Å².